The number of carbonyl (C=O) groups is 1. The molecule has 106 valence electrons. The molecule has 0 bridgehead atoms. The normalized spacial score (nSPS) is 18.1. The van der Waals surface area contributed by atoms with Crippen LogP contribution in [0.25, 0.3) is 0 Å². The molecule has 1 amide bonds. The van der Waals surface area contributed by atoms with Crippen molar-refractivity contribution >= 4 is 5.91 Å². The topological polar surface area (TPSA) is 42.0 Å². The first kappa shape index (κ1) is 15.7. The molecule has 1 aromatic rings. The number of aromatic nitrogens is 1. The smallest absolute Gasteiger partial charge is 0.253 e. The number of hydrogen-bond acceptors (Lipinski definition) is 2. The van der Waals surface area contributed by atoms with E-state index in [0.29, 0.717) is 17.0 Å². The van der Waals surface area contributed by atoms with E-state index in [2.05, 4.69) is 24.1 Å². The Hall–Kier alpha value is -1.38. The zero-order chi connectivity index (χ0) is 14.3. The highest BCUT2D eigenvalue weighted by molar-refractivity contribution is 5.93. The molecule has 3 nitrogen and oxygen atoms in total. The van der Waals surface area contributed by atoms with Gasteiger partial charge in [-0.15, -0.1) is 0 Å². The molecule has 1 fully saturated rings. The Morgan fingerprint density at radius 1 is 1.32 bits per heavy atom. The van der Waals surface area contributed by atoms with Crippen LogP contribution < -0.4 is 5.32 Å². The van der Waals surface area contributed by atoms with E-state index in [4.69, 9.17) is 0 Å². The Morgan fingerprint density at radius 2 is 1.95 bits per heavy atom. The number of nitrogens with one attached hydrogen (secondary N) is 1. The van der Waals surface area contributed by atoms with Crippen LogP contribution in [0.1, 0.15) is 63.7 Å². The van der Waals surface area contributed by atoms with Gasteiger partial charge in [0, 0.05) is 18.4 Å². The molecule has 0 aromatic carbocycles. The van der Waals surface area contributed by atoms with Crippen molar-refractivity contribution in [1.29, 1.82) is 0 Å². The summed E-state index contributed by atoms with van der Waals surface area (Å²) in [6.45, 7) is 8.60. The van der Waals surface area contributed by atoms with E-state index in [-0.39, 0.29) is 5.91 Å². The summed E-state index contributed by atoms with van der Waals surface area (Å²) in [6.07, 6.45) is 7.83. The minimum atomic E-state index is 0.00260. The predicted molar refractivity (Wildman–Crippen MR) is 79.1 cm³/mol. The highest BCUT2D eigenvalue weighted by Gasteiger charge is 2.27. The van der Waals surface area contributed by atoms with Crippen molar-refractivity contribution in [2.24, 2.45) is 5.41 Å². The van der Waals surface area contributed by atoms with E-state index >= 15 is 0 Å². The van der Waals surface area contributed by atoms with E-state index in [1.54, 1.807) is 24.5 Å². The van der Waals surface area contributed by atoms with Crippen molar-refractivity contribution in [2.75, 3.05) is 0 Å². The molecular formula is C16H26N2O. The maximum Gasteiger partial charge on any atom is 0.253 e. The van der Waals surface area contributed by atoms with E-state index < -0.39 is 0 Å². The van der Waals surface area contributed by atoms with E-state index in [1.165, 1.54) is 12.8 Å². The van der Waals surface area contributed by atoms with E-state index in [0.717, 1.165) is 12.8 Å². The fourth-order valence-electron chi connectivity index (χ4n) is 2.31. The van der Waals surface area contributed by atoms with Gasteiger partial charge in [-0.25, -0.2) is 0 Å². The Morgan fingerprint density at radius 3 is 2.47 bits per heavy atom. The fourth-order valence-corrected chi connectivity index (χ4v) is 2.31. The minimum Gasteiger partial charge on any atom is -0.349 e. The number of pyridine rings is 1. The summed E-state index contributed by atoms with van der Waals surface area (Å²) in [5.74, 6) is 0.00260. The largest absolute Gasteiger partial charge is 0.349 e. The molecule has 1 heterocycles. The van der Waals surface area contributed by atoms with Crippen molar-refractivity contribution in [3.05, 3.63) is 30.1 Å². The lowest BCUT2D eigenvalue weighted by Crippen LogP contribution is -2.39. The average molecular weight is 262 g/mol. The van der Waals surface area contributed by atoms with Crippen LogP contribution in [0.3, 0.4) is 0 Å². The zero-order valence-electron chi connectivity index (χ0n) is 12.6. The summed E-state index contributed by atoms with van der Waals surface area (Å²) in [4.78, 5) is 15.9. The van der Waals surface area contributed by atoms with E-state index in [1.807, 2.05) is 13.8 Å². The van der Waals surface area contributed by atoms with Crippen LogP contribution in [0.15, 0.2) is 24.5 Å². The van der Waals surface area contributed by atoms with Gasteiger partial charge in [0.05, 0.1) is 5.56 Å². The van der Waals surface area contributed by atoms with Gasteiger partial charge >= 0.3 is 0 Å². The molecule has 1 N–H and O–H groups in total. The molecule has 1 aromatic heterocycles. The predicted octanol–water partition coefficient (Wildman–Crippen LogP) is 3.81. The van der Waals surface area contributed by atoms with Crippen LogP contribution in [0.5, 0.6) is 0 Å². The number of hydrogen-bond donors (Lipinski definition) is 1. The molecule has 0 unspecified atom stereocenters. The molecule has 1 saturated carbocycles. The highest BCUT2D eigenvalue weighted by Crippen LogP contribution is 2.34. The van der Waals surface area contributed by atoms with Crippen LogP contribution in [0.4, 0.5) is 0 Å². The number of nitrogens with zero attached hydrogens (tertiary/aromatic N) is 1. The zero-order valence-corrected chi connectivity index (χ0v) is 12.6. The first-order valence-electron chi connectivity index (χ1n) is 7.28. The third-order valence-corrected chi connectivity index (χ3v) is 3.60. The number of amides is 1. The van der Waals surface area contributed by atoms with Gasteiger partial charge in [0.15, 0.2) is 0 Å². The van der Waals surface area contributed by atoms with Crippen LogP contribution in [-0.2, 0) is 0 Å². The Balaban J connectivity index is 0.000000861. The quantitative estimate of drug-likeness (QED) is 0.880. The van der Waals surface area contributed by atoms with Crippen molar-refractivity contribution in [2.45, 2.75) is 59.4 Å². The lowest BCUT2D eigenvalue weighted by Gasteiger charge is -2.34. The van der Waals surface area contributed by atoms with Gasteiger partial charge < -0.3 is 5.32 Å². The fraction of sp³-hybridized carbons (Fsp3) is 0.625. The Kier molecular flexibility index (Phi) is 6.00. The molecule has 1 aliphatic rings. The monoisotopic (exact) mass is 262 g/mol. The van der Waals surface area contributed by atoms with Gasteiger partial charge in [0.2, 0.25) is 0 Å². The molecule has 0 radical (unpaired) electrons. The van der Waals surface area contributed by atoms with E-state index in [9.17, 15) is 4.79 Å². The van der Waals surface area contributed by atoms with Crippen molar-refractivity contribution in [1.82, 2.24) is 10.3 Å². The summed E-state index contributed by atoms with van der Waals surface area (Å²) in [5, 5.41) is 3.09. The number of carbonyl (C=O) groups excluding carboxylic acids is 1. The molecular weight excluding hydrogens is 236 g/mol. The molecule has 0 saturated heterocycles. The Bertz CT molecular complexity index is 377. The van der Waals surface area contributed by atoms with Crippen LogP contribution in [0.2, 0.25) is 0 Å². The standard InChI is InChI=1S/C14H20N2O.C2H6/c1-14(2)7-5-12(6-8-14)16-13(17)11-4-3-9-15-10-11;1-2/h3-4,9-10,12H,5-8H2,1-2H3,(H,16,17);1-2H3. The van der Waals surface area contributed by atoms with Gasteiger partial charge in [0.25, 0.3) is 5.91 Å². The van der Waals surface area contributed by atoms with Gasteiger partial charge in [-0.1, -0.05) is 27.7 Å². The molecule has 2 rings (SSSR count). The summed E-state index contributed by atoms with van der Waals surface area (Å²) in [5.41, 5.74) is 1.09. The van der Waals surface area contributed by atoms with Crippen LogP contribution >= 0.6 is 0 Å². The second-order valence-electron chi connectivity index (χ2n) is 5.65. The molecule has 3 heteroatoms. The SMILES string of the molecule is CC.CC1(C)CCC(NC(=O)c2cccnc2)CC1. The lowest BCUT2D eigenvalue weighted by molar-refractivity contribution is 0.0908. The maximum absolute atomic E-state index is 11.9. The van der Waals surface area contributed by atoms with Crippen molar-refractivity contribution in [3.8, 4) is 0 Å². The second-order valence-corrected chi connectivity index (χ2v) is 5.65. The summed E-state index contributed by atoms with van der Waals surface area (Å²) < 4.78 is 0. The molecule has 0 spiro atoms. The van der Waals surface area contributed by atoms with Crippen molar-refractivity contribution < 1.29 is 4.79 Å². The Labute approximate surface area is 116 Å². The highest BCUT2D eigenvalue weighted by atomic mass is 16.1. The van der Waals surface area contributed by atoms with Crippen molar-refractivity contribution in [3.63, 3.8) is 0 Å². The average Bonchev–Trinajstić information content (AvgIpc) is 2.44. The van der Waals surface area contributed by atoms with Gasteiger partial charge in [-0.2, -0.15) is 0 Å². The maximum atomic E-state index is 11.9. The second kappa shape index (κ2) is 7.27. The van der Waals surface area contributed by atoms with Crippen LogP contribution in [0, 0.1) is 5.41 Å². The minimum absolute atomic E-state index is 0.00260. The summed E-state index contributed by atoms with van der Waals surface area (Å²) >= 11 is 0. The van der Waals surface area contributed by atoms with Gasteiger partial charge in [-0.05, 0) is 43.2 Å². The number of rotatable bonds is 2. The first-order valence-corrected chi connectivity index (χ1v) is 7.28. The summed E-state index contributed by atoms with van der Waals surface area (Å²) in [6, 6.07) is 3.92. The molecule has 1 aliphatic carbocycles. The molecule has 0 atom stereocenters. The molecule has 19 heavy (non-hydrogen) atoms. The third kappa shape index (κ3) is 5.01. The van der Waals surface area contributed by atoms with Gasteiger partial charge in [-0.3, -0.25) is 9.78 Å². The van der Waals surface area contributed by atoms with Crippen LogP contribution in [-0.4, -0.2) is 16.9 Å². The third-order valence-electron chi connectivity index (χ3n) is 3.60. The molecule has 0 aliphatic heterocycles. The first-order chi connectivity index (χ1) is 9.07. The van der Waals surface area contributed by atoms with Gasteiger partial charge in [0.1, 0.15) is 0 Å². The summed E-state index contributed by atoms with van der Waals surface area (Å²) in [7, 11) is 0. The lowest BCUT2D eigenvalue weighted by atomic mass is 9.75.